The number of likely N-dealkylation sites (tertiary alicyclic amines) is 4. The topological polar surface area (TPSA) is 412 Å². The molecule has 8 aromatic heterocycles. The van der Waals surface area contributed by atoms with Crippen LogP contribution in [0.4, 0.5) is 0 Å². The number of aliphatic hydroxyl groups is 4. The van der Waals surface area contributed by atoms with Crippen LogP contribution in [0, 0.1) is 51.4 Å². The first-order valence-corrected chi connectivity index (χ1v) is 54.2. The summed E-state index contributed by atoms with van der Waals surface area (Å²) >= 11 is 3.23. The van der Waals surface area contributed by atoms with Crippen molar-refractivity contribution in [2.24, 2.45) is 23.7 Å². The van der Waals surface area contributed by atoms with Crippen LogP contribution >= 0.6 is 22.7 Å². The number of β-amino-alcohol motifs (C(OH)–C–C–N with tert-alkyl or cyclic N) is 4. The van der Waals surface area contributed by atoms with Crippen LogP contribution in [0.2, 0.25) is 0 Å². The summed E-state index contributed by atoms with van der Waals surface area (Å²) in [7, 11) is 0. The molecular formula is C117H148N12O18S2. The maximum atomic E-state index is 13.9. The first-order valence-electron chi connectivity index (χ1n) is 52.4. The van der Waals surface area contributed by atoms with Crippen LogP contribution in [0.3, 0.4) is 0 Å². The molecule has 149 heavy (non-hydrogen) atoms. The predicted octanol–water partition coefficient (Wildman–Crippen LogP) is 20.4. The lowest BCUT2D eigenvalue weighted by atomic mass is 9.74. The van der Waals surface area contributed by atoms with Gasteiger partial charge in [0.25, 0.3) is 0 Å². The molecule has 1 saturated carbocycles. The van der Waals surface area contributed by atoms with Gasteiger partial charge in [0.1, 0.15) is 53.0 Å². The molecule has 4 N–H and O–H groups in total. The number of hydrogen-bond acceptors (Lipinski definition) is 28. The zero-order valence-electron chi connectivity index (χ0n) is 90.2. The maximum absolute atomic E-state index is 13.9. The molecule has 12 aromatic rings. The zero-order chi connectivity index (χ0) is 108. The second kappa shape index (κ2) is 48.0. The first-order chi connectivity index (χ1) is 70.5. The Morgan fingerprint density at radius 1 is 0.369 bits per heavy atom. The van der Waals surface area contributed by atoms with Crippen LogP contribution in [-0.2, 0) is 85.7 Å². The number of carbonyl (C=O) groups is 8. The van der Waals surface area contributed by atoms with Gasteiger partial charge in [-0.3, -0.25) is 38.4 Å². The maximum Gasteiger partial charge on any atom is 0.234 e. The molecule has 4 amide bonds. The molecule has 5 fully saturated rings. The minimum atomic E-state index is -0.727. The third kappa shape index (κ3) is 27.4. The van der Waals surface area contributed by atoms with Crippen molar-refractivity contribution in [3.63, 3.8) is 0 Å². The summed E-state index contributed by atoms with van der Waals surface area (Å²) in [6.45, 7) is 44.7. The number of rotatable bonds is 32. The summed E-state index contributed by atoms with van der Waals surface area (Å²) in [5, 5.41) is 62.4. The van der Waals surface area contributed by atoms with Gasteiger partial charge in [0.2, 0.25) is 23.6 Å². The van der Waals surface area contributed by atoms with E-state index < -0.39 is 72.3 Å². The van der Waals surface area contributed by atoms with E-state index in [2.05, 4.69) is 97.9 Å². The molecule has 0 bridgehead atoms. The predicted molar refractivity (Wildman–Crippen MR) is 569 cm³/mol. The van der Waals surface area contributed by atoms with E-state index in [-0.39, 0.29) is 157 Å². The van der Waals surface area contributed by atoms with Crippen LogP contribution in [0.5, 0.6) is 0 Å². The average molecular weight is 2070 g/mol. The van der Waals surface area contributed by atoms with Crippen molar-refractivity contribution in [1.29, 1.82) is 0 Å². The Balaban J connectivity index is 0.000000157. The zero-order valence-corrected chi connectivity index (χ0v) is 91.8. The Hall–Kier alpha value is -12.2. The van der Waals surface area contributed by atoms with Crippen LogP contribution in [0.15, 0.2) is 172 Å². The van der Waals surface area contributed by atoms with Crippen LogP contribution < -0.4 is 0 Å². The molecule has 17 rings (SSSR count). The van der Waals surface area contributed by atoms with Gasteiger partial charge in [-0.2, -0.15) is 0 Å². The van der Waals surface area contributed by atoms with E-state index in [4.69, 9.17) is 27.0 Å². The fraction of sp³-hybridized carbons (Fsp3) is 0.521. The van der Waals surface area contributed by atoms with Gasteiger partial charge in [-0.15, -0.1) is 22.7 Å². The molecule has 796 valence electrons. The molecule has 32 heteroatoms. The van der Waals surface area contributed by atoms with Crippen molar-refractivity contribution in [2.45, 2.75) is 343 Å². The molecule has 4 saturated heterocycles. The Morgan fingerprint density at radius 3 is 0.919 bits per heavy atom. The number of hydrogen-bond donors (Lipinski definition) is 4. The van der Waals surface area contributed by atoms with Crippen LogP contribution in [-0.4, -0.2) is 202 Å². The normalized spacial score (nSPS) is 19.5. The summed E-state index contributed by atoms with van der Waals surface area (Å²) in [5.74, 6) is -0.172. The smallest absolute Gasteiger partial charge is 0.234 e. The molecular weight excluding hydrogens is 1930 g/mol. The number of Topliss-reactive ketones (excluding diaryl/α,β-unsaturated/α-hetero) is 4. The van der Waals surface area contributed by atoms with Gasteiger partial charge in [0.15, 0.2) is 35.3 Å². The highest BCUT2D eigenvalue weighted by Gasteiger charge is 2.50. The van der Waals surface area contributed by atoms with E-state index in [1.54, 1.807) is 48.5 Å². The number of thiazole rings is 2. The molecule has 5 aliphatic rings. The van der Waals surface area contributed by atoms with E-state index in [0.29, 0.717) is 61.6 Å². The largest absolute Gasteiger partial charge is 0.443 e. The number of nitrogens with zero attached hydrogens (tertiary/aromatic N) is 12. The number of carbonyl (C=O) groups excluding carboxylic acids is 8. The van der Waals surface area contributed by atoms with Gasteiger partial charge in [-0.05, 0) is 129 Å². The van der Waals surface area contributed by atoms with Crippen molar-refractivity contribution in [3.8, 4) is 43.3 Å². The van der Waals surface area contributed by atoms with E-state index in [0.717, 1.165) is 130 Å². The number of aromatic nitrogens is 8. The number of aryl methyl sites for hydroxylation is 8. The number of amides is 4. The van der Waals surface area contributed by atoms with Crippen molar-refractivity contribution >= 4 is 69.4 Å². The van der Waals surface area contributed by atoms with Gasteiger partial charge in [0.05, 0.1) is 115 Å². The summed E-state index contributed by atoms with van der Waals surface area (Å²) in [4.78, 5) is 130. The van der Waals surface area contributed by atoms with Crippen molar-refractivity contribution in [2.75, 3.05) is 26.2 Å². The molecule has 30 nitrogen and oxygen atoms in total. The van der Waals surface area contributed by atoms with Crippen LogP contribution in [0.25, 0.3) is 43.3 Å². The third-order valence-corrected chi connectivity index (χ3v) is 31.3. The van der Waals surface area contributed by atoms with Gasteiger partial charge in [-0.1, -0.05) is 254 Å². The van der Waals surface area contributed by atoms with Gasteiger partial charge in [0, 0.05) is 135 Å². The molecule has 0 spiro atoms. The molecule has 4 aromatic carbocycles. The minimum absolute atomic E-state index is 0.00223. The van der Waals surface area contributed by atoms with E-state index in [9.17, 15) is 58.8 Å². The lowest BCUT2D eigenvalue weighted by Crippen LogP contribution is -2.45. The number of oxazole rings is 1. The fourth-order valence-corrected chi connectivity index (χ4v) is 21.8. The highest BCUT2D eigenvalue weighted by atomic mass is 32.1. The highest BCUT2D eigenvalue weighted by Crippen LogP contribution is 2.45. The first kappa shape index (κ1) is 112. The number of benzene rings is 4. The Labute approximate surface area is 881 Å². The SMILES string of the molecule is Cc1ncoc1-c1ccc(CCC(=O)C2CC(O)CN2C(=O)C(c2cc(C(C)(C)C)no2)C(C)C)cc1.Cc1ncsc1-c1ccc(CCC(=O)C2CC(O)CN2C(=O)C(c2cc(C(C)(C)C)no2)C(C)C)cc1.Cc1ncsc1-c1ccc(CCC(=O)C2CC(O)CN2C(=O)C(c2cc(C(C)(C)C)no2)C2CCC2)cc1.Cc1nocc1-c1ccc(CCC(=O)C2CC(O)CN2C(=O)C(c2cc(C(C)(C)C)no2)C(C)C)cc1. The second-order valence-electron chi connectivity index (χ2n) is 46.1. The molecule has 12 heterocycles. The second-order valence-corrected chi connectivity index (χ2v) is 47.9. The quantitative estimate of drug-likeness (QED) is 0.0304. The molecule has 12 unspecified atom stereocenters. The highest BCUT2D eigenvalue weighted by molar-refractivity contribution is 7.13. The average Bonchev–Trinajstić information content (AvgIpc) is 1.63. The summed E-state index contributed by atoms with van der Waals surface area (Å²) in [6, 6.07) is 37.2. The van der Waals surface area contributed by atoms with Gasteiger partial charge >= 0.3 is 0 Å². The lowest BCUT2D eigenvalue weighted by Gasteiger charge is -2.35. The molecule has 1 aliphatic carbocycles. The standard InChI is InChI=1S/C30H37N3O4S.2C29H37N3O5.C29H37N3O4S/c1-18-28(38-17-31-18)21-11-8-19(9-12-21)10-13-24(35)23-14-22(34)16-33(23)29(36)27(20-6-5-7-20)25-15-26(32-37-25)30(2,3)4;1-17(2)27(25-14-26(31-37-25)29(4,5)6)28(35)32-15-21(33)13-23(32)24(34)12-9-19-7-10-20(11-8-19)22-16-36-30-18(22)3;1-17(2)26(24-14-25(31-37-24)29(4,5)6)28(35)32-15-21(33)13-22(32)23(34)12-9-19-7-10-20(11-8-19)27-18(3)30-16-36-27;1-17(2)26(24-14-25(31-36-24)29(4,5)6)28(35)32-15-21(33)13-22(32)23(34)12-9-19-7-10-20(11-8-19)27-18(3)30-16-37-27/h8-9,11-12,15,17,20,22-23,27,34H,5-7,10,13-14,16H2,1-4H3;7-8,10-11,14,16-17,21,23,27,33H,9,12-13,15H2,1-6H3;2*7-8,10-11,14,16-17,21-22,26,33H,9,12-13,15H2,1-6H3. The fourth-order valence-electron chi connectivity index (χ4n) is 20.2. The van der Waals surface area contributed by atoms with Crippen molar-refractivity contribution in [1.82, 2.24) is 60.3 Å². The molecule has 4 aliphatic heterocycles. The Kier molecular flexibility index (Phi) is 36.2. The van der Waals surface area contributed by atoms with Crippen molar-refractivity contribution < 1.29 is 85.8 Å². The molecule has 0 radical (unpaired) electrons. The number of ketones is 4. The van der Waals surface area contributed by atoms with Gasteiger partial charge < -0.3 is 67.1 Å². The Bertz CT molecular complexity index is 6100. The Morgan fingerprint density at radius 2 is 0.664 bits per heavy atom. The minimum Gasteiger partial charge on any atom is -0.443 e. The summed E-state index contributed by atoms with van der Waals surface area (Å²) in [5.41, 5.74) is 19.0. The monoisotopic (exact) mass is 2070 g/mol. The van der Waals surface area contributed by atoms with Crippen LogP contribution in [0.1, 0.15) is 310 Å². The summed E-state index contributed by atoms with van der Waals surface area (Å²) in [6.07, 6.45) is 7.72. The van der Waals surface area contributed by atoms with Crippen molar-refractivity contribution in [3.05, 3.63) is 236 Å². The summed E-state index contributed by atoms with van der Waals surface area (Å²) < 4.78 is 33.0. The van der Waals surface area contributed by atoms with E-state index in [1.165, 1.54) is 6.39 Å². The third-order valence-electron chi connectivity index (χ3n) is 29.4. The van der Waals surface area contributed by atoms with E-state index in [1.807, 2.05) is 228 Å². The van der Waals surface area contributed by atoms with E-state index >= 15 is 0 Å². The van der Waals surface area contributed by atoms with Gasteiger partial charge in [-0.25, -0.2) is 15.0 Å². The lowest BCUT2D eigenvalue weighted by molar-refractivity contribution is -0.141. The molecule has 12 atom stereocenters. The number of aliphatic hydroxyl groups excluding tert-OH is 4.